The van der Waals surface area contributed by atoms with E-state index in [0.29, 0.717) is 12.6 Å². The van der Waals surface area contributed by atoms with Gasteiger partial charge in [0.1, 0.15) is 0 Å². The summed E-state index contributed by atoms with van der Waals surface area (Å²) < 4.78 is 0. The number of urea groups is 1. The Kier molecular flexibility index (Phi) is 8.35. The van der Waals surface area contributed by atoms with E-state index in [2.05, 4.69) is 34.6 Å². The van der Waals surface area contributed by atoms with E-state index in [1.165, 1.54) is 5.56 Å². The van der Waals surface area contributed by atoms with Crippen molar-refractivity contribution < 1.29 is 9.59 Å². The summed E-state index contributed by atoms with van der Waals surface area (Å²) in [6, 6.07) is 10.8. The molecule has 1 atom stereocenters. The largest absolute Gasteiger partial charge is 0.355 e. The molecule has 0 aliphatic carbocycles. The molecule has 0 saturated carbocycles. The predicted molar refractivity (Wildman–Crippen MR) is 116 cm³/mol. The van der Waals surface area contributed by atoms with Crippen LogP contribution in [0.15, 0.2) is 30.3 Å². The summed E-state index contributed by atoms with van der Waals surface area (Å²) in [5, 5.41) is 6.11. The van der Waals surface area contributed by atoms with E-state index in [0.717, 1.165) is 71.2 Å². The molecule has 0 bridgehead atoms. The second-order valence-electron chi connectivity index (χ2n) is 8.31. The van der Waals surface area contributed by atoms with Gasteiger partial charge in [0, 0.05) is 38.8 Å². The maximum absolute atomic E-state index is 12.7. The molecule has 2 aliphatic rings. The van der Waals surface area contributed by atoms with Crippen LogP contribution in [0.2, 0.25) is 0 Å². The van der Waals surface area contributed by atoms with Crippen molar-refractivity contribution in [2.24, 2.45) is 5.92 Å². The Labute approximate surface area is 175 Å². The zero-order valence-corrected chi connectivity index (χ0v) is 17.7. The first-order chi connectivity index (χ1) is 14.2. The number of hydrogen-bond donors (Lipinski definition) is 2. The molecule has 6 nitrogen and oxygen atoms in total. The average Bonchev–Trinajstić information content (AvgIpc) is 2.78. The van der Waals surface area contributed by atoms with Crippen molar-refractivity contribution in [3.05, 3.63) is 35.9 Å². The molecule has 2 fully saturated rings. The molecule has 2 aliphatic heterocycles. The summed E-state index contributed by atoms with van der Waals surface area (Å²) in [5.41, 5.74) is 1.26. The molecule has 0 unspecified atom stereocenters. The standard InChI is InChI=1S/C23H36N4O2/c1-2-13-25-23(29)26-16-11-21(12-17-26)27-15-6-9-20(18-27)22(28)24-14-10-19-7-4-3-5-8-19/h3-5,7-8,20-21H,2,6,9-18H2,1H3,(H,24,28)(H,25,29)/t20-/m0/s1. The summed E-state index contributed by atoms with van der Waals surface area (Å²) in [6.45, 7) is 7.05. The summed E-state index contributed by atoms with van der Waals surface area (Å²) in [6.07, 6.45) is 5.90. The van der Waals surface area contributed by atoms with Crippen LogP contribution in [0, 0.1) is 5.92 Å². The van der Waals surface area contributed by atoms with Crippen molar-refractivity contribution in [3.63, 3.8) is 0 Å². The third kappa shape index (κ3) is 6.46. The zero-order chi connectivity index (χ0) is 20.5. The van der Waals surface area contributed by atoms with Gasteiger partial charge >= 0.3 is 6.03 Å². The molecule has 2 saturated heterocycles. The van der Waals surface area contributed by atoms with Crippen molar-refractivity contribution >= 4 is 11.9 Å². The number of hydrogen-bond acceptors (Lipinski definition) is 3. The highest BCUT2D eigenvalue weighted by molar-refractivity contribution is 5.79. The minimum Gasteiger partial charge on any atom is -0.355 e. The quantitative estimate of drug-likeness (QED) is 0.740. The molecule has 3 rings (SSSR count). The lowest BCUT2D eigenvalue weighted by Gasteiger charge is -2.42. The Bertz CT molecular complexity index is 644. The Morgan fingerprint density at radius 1 is 1.00 bits per heavy atom. The van der Waals surface area contributed by atoms with Gasteiger partial charge in [-0.15, -0.1) is 0 Å². The van der Waals surface area contributed by atoms with Gasteiger partial charge in [-0.2, -0.15) is 0 Å². The van der Waals surface area contributed by atoms with Crippen molar-refractivity contribution in [1.29, 1.82) is 0 Å². The van der Waals surface area contributed by atoms with Gasteiger partial charge in [-0.1, -0.05) is 37.3 Å². The molecule has 6 heteroatoms. The van der Waals surface area contributed by atoms with Gasteiger partial charge < -0.3 is 15.5 Å². The highest BCUT2D eigenvalue weighted by Gasteiger charge is 2.32. The molecular formula is C23H36N4O2. The predicted octanol–water partition coefficient (Wildman–Crippen LogP) is 2.64. The summed E-state index contributed by atoms with van der Waals surface area (Å²) >= 11 is 0. The number of carbonyl (C=O) groups is 2. The first-order valence-electron chi connectivity index (χ1n) is 11.3. The lowest BCUT2D eigenvalue weighted by Crippen LogP contribution is -2.53. The first-order valence-corrected chi connectivity index (χ1v) is 11.3. The maximum atomic E-state index is 12.7. The number of carbonyl (C=O) groups excluding carboxylic acids is 2. The van der Waals surface area contributed by atoms with Gasteiger partial charge in [-0.25, -0.2) is 4.79 Å². The minimum atomic E-state index is 0.0691. The van der Waals surface area contributed by atoms with E-state index in [1.807, 2.05) is 23.1 Å². The molecule has 2 heterocycles. The number of nitrogens with zero attached hydrogens (tertiary/aromatic N) is 2. The van der Waals surface area contributed by atoms with Crippen molar-refractivity contribution in [3.8, 4) is 0 Å². The molecule has 3 amide bonds. The van der Waals surface area contributed by atoms with Crippen LogP contribution in [0.4, 0.5) is 4.79 Å². The van der Waals surface area contributed by atoms with Crippen LogP contribution in [0.5, 0.6) is 0 Å². The smallest absolute Gasteiger partial charge is 0.317 e. The number of rotatable bonds is 7. The molecular weight excluding hydrogens is 364 g/mol. The lowest BCUT2D eigenvalue weighted by molar-refractivity contribution is -0.127. The molecule has 1 aromatic rings. The van der Waals surface area contributed by atoms with Crippen LogP contribution < -0.4 is 10.6 Å². The Morgan fingerprint density at radius 2 is 1.76 bits per heavy atom. The van der Waals surface area contributed by atoms with E-state index in [1.54, 1.807) is 0 Å². The fraction of sp³-hybridized carbons (Fsp3) is 0.652. The Morgan fingerprint density at radius 3 is 2.48 bits per heavy atom. The van der Waals surface area contributed by atoms with Gasteiger partial charge in [-0.3, -0.25) is 9.69 Å². The van der Waals surface area contributed by atoms with E-state index in [-0.39, 0.29) is 17.9 Å². The molecule has 0 aromatic heterocycles. The van der Waals surface area contributed by atoms with Gasteiger partial charge in [0.15, 0.2) is 0 Å². The molecule has 160 valence electrons. The molecule has 29 heavy (non-hydrogen) atoms. The van der Waals surface area contributed by atoms with Gasteiger partial charge in [-0.05, 0) is 50.6 Å². The first kappa shape index (κ1) is 21.6. The fourth-order valence-electron chi connectivity index (χ4n) is 4.45. The summed E-state index contributed by atoms with van der Waals surface area (Å²) in [5.74, 6) is 0.285. The highest BCUT2D eigenvalue weighted by Crippen LogP contribution is 2.24. The zero-order valence-electron chi connectivity index (χ0n) is 17.7. The molecule has 2 N–H and O–H groups in total. The fourth-order valence-corrected chi connectivity index (χ4v) is 4.45. The number of likely N-dealkylation sites (tertiary alicyclic amines) is 2. The highest BCUT2D eigenvalue weighted by atomic mass is 16.2. The number of benzene rings is 1. The normalized spacial score (nSPS) is 21.0. The second-order valence-corrected chi connectivity index (χ2v) is 8.31. The number of amides is 3. The third-order valence-electron chi connectivity index (χ3n) is 6.17. The van der Waals surface area contributed by atoms with E-state index < -0.39 is 0 Å². The van der Waals surface area contributed by atoms with Gasteiger partial charge in [0.05, 0.1) is 5.92 Å². The Balaban J connectivity index is 1.40. The minimum absolute atomic E-state index is 0.0691. The third-order valence-corrected chi connectivity index (χ3v) is 6.17. The maximum Gasteiger partial charge on any atom is 0.317 e. The lowest BCUT2D eigenvalue weighted by atomic mass is 9.93. The Hall–Kier alpha value is -2.08. The average molecular weight is 401 g/mol. The van der Waals surface area contributed by atoms with E-state index in [4.69, 9.17) is 0 Å². The van der Waals surface area contributed by atoms with Crippen LogP contribution in [0.3, 0.4) is 0 Å². The molecule has 1 aromatic carbocycles. The van der Waals surface area contributed by atoms with Crippen molar-refractivity contribution in [2.45, 2.75) is 51.5 Å². The topological polar surface area (TPSA) is 64.7 Å². The number of nitrogens with one attached hydrogen (secondary N) is 2. The van der Waals surface area contributed by atoms with Crippen LogP contribution in [-0.2, 0) is 11.2 Å². The SMILES string of the molecule is CCCNC(=O)N1CCC(N2CCC[C@H](C(=O)NCCc3ccccc3)C2)CC1. The summed E-state index contributed by atoms with van der Waals surface area (Å²) in [4.78, 5) is 29.2. The van der Waals surface area contributed by atoms with Crippen LogP contribution >= 0.6 is 0 Å². The van der Waals surface area contributed by atoms with Crippen molar-refractivity contribution in [1.82, 2.24) is 20.4 Å². The molecule has 0 spiro atoms. The van der Waals surface area contributed by atoms with E-state index >= 15 is 0 Å². The van der Waals surface area contributed by atoms with Crippen molar-refractivity contribution in [2.75, 3.05) is 39.3 Å². The second kappa shape index (κ2) is 11.2. The van der Waals surface area contributed by atoms with Gasteiger partial charge in [0.2, 0.25) is 5.91 Å². The van der Waals surface area contributed by atoms with Gasteiger partial charge in [0.25, 0.3) is 0 Å². The van der Waals surface area contributed by atoms with Crippen LogP contribution in [0.25, 0.3) is 0 Å². The van der Waals surface area contributed by atoms with E-state index in [9.17, 15) is 9.59 Å². The molecule has 0 radical (unpaired) electrons. The summed E-state index contributed by atoms with van der Waals surface area (Å²) in [7, 11) is 0. The number of piperidine rings is 2. The van der Waals surface area contributed by atoms with Crippen LogP contribution in [0.1, 0.15) is 44.6 Å². The van der Waals surface area contributed by atoms with Crippen LogP contribution in [-0.4, -0.2) is 67.0 Å². The monoisotopic (exact) mass is 400 g/mol.